The number of hydrogen-bond donors (Lipinski definition) is 1. The van der Waals surface area contributed by atoms with Crippen LogP contribution in [0, 0.1) is 0 Å². The van der Waals surface area contributed by atoms with E-state index in [2.05, 4.69) is 15.0 Å². The molecule has 23 heavy (non-hydrogen) atoms. The van der Waals surface area contributed by atoms with E-state index in [-0.39, 0.29) is 12.1 Å². The van der Waals surface area contributed by atoms with Crippen molar-refractivity contribution in [3.8, 4) is 0 Å². The van der Waals surface area contributed by atoms with E-state index in [0.717, 1.165) is 0 Å². The van der Waals surface area contributed by atoms with Crippen LogP contribution >= 0.6 is 22.7 Å². The van der Waals surface area contributed by atoms with E-state index >= 15 is 0 Å². The lowest BCUT2D eigenvalue weighted by molar-refractivity contribution is -0.116. The van der Waals surface area contributed by atoms with Crippen LogP contribution in [0.5, 0.6) is 0 Å². The van der Waals surface area contributed by atoms with E-state index < -0.39 is 11.9 Å². The van der Waals surface area contributed by atoms with Crippen LogP contribution in [0.3, 0.4) is 0 Å². The highest BCUT2D eigenvalue weighted by Gasteiger charge is 2.16. The van der Waals surface area contributed by atoms with Crippen molar-refractivity contribution < 1.29 is 14.3 Å². The number of rotatable bonds is 4. The highest BCUT2D eigenvalue weighted by Crippen LogP contribution is 2.23. The Morgan fingerprint density at radius 2 is 2.09 bits per heavy atom. The first kappa shape index (κ1) is 15.4. The van der Waals surface area contributed by atoms with Crippen molar-refractivity contribution in [3.63, 3.8) is 0 Å². The average Bonchev–Trinajstić information content (AvgIpc) is 3.18. The van der Waals surface area contributed by atoms with E-state index in [1.54, 1.807) is 22.9 Å². The number of carbonyl (C=O) groups is 2. The zero-order chi connectivity index (χ0) is 16.4. The first-order valence-electron chi connectivity index (χ1n) is 6.48. The van der Waals surface area contributed by atoms with Gasteiger partial charge in [-0.1, -0.05) is 0 Å². The molecule has 118 valence electrons. The number of fused-ring (bicyclic) bond motifs is 1. The van der Waals surface area contributed by atoms with Gasteiger partial charge >= 0.3 is 5.97 Å². The number of esters is 1. The minimum Gasteiger partial charge on any atom is -0.465 e. The topological polar surface area (TPSA) is 90.3 Å². The molecule has 7 nitrogen and oxygen atoms in total. The van der Waals surface area contributed by atoms with E-state index in [0.29, 0.717) is 20.8 Å². The van der Waals surface area contributed by atoms with E-state index in [1.165, 1.54) is 40.7 Å². The molecule has 0 saturated heterocycles. The standard InChI is InChI=1S/C14H11N3O4S2/c1-21-14(20)11-9(3-5-22-11)16-10(18)6-17-7-15-12-8(13(17)19)2-4-23-12/h2-5,7H,6H2,1H3,(H,16,18). The number of carbonyl (C=O) groups excluding carboxylic acids is 2. The summed E-state index contributed by atoms with van der Waals surface area (Å²) in [5, 5.41) is 6.54. The van der Waals surface area contributed by atoms with Crippen LogP contribution in [0.1, 0.15) is 9.67 Å². The van der Waals surface area contributed by atoms with Gasteiger partial charge in [0.25, 0.3) is 5.56 Å². The van der Waals surface area contributed by atoms with Crippen molar-refractivity contribution in [1.82, 2.24) is 9.55 Å². The van der Waals surface area contributed by atoms with Gasteiger partial charge in [-0.05, 0) is 22.9 Å². The third-order valence-electron chi connectivity index (χ3n) is 3.07. The fraction of sp³-hybridized carbons (Fsp3) is 0.143. The molecule has 0 fully saturated rings. The van der Waals surface area contributed by atoms with Gasteiger partial charge in [-0.25, -0.2) is 9.78 Å². The highest BCUT2D eigenvalue weighted by atomic mass is 32.1. The summed E-state index contributed by atoms with van der Waals surface area (Å²) >= 11 is 2.53. The number of ether oxygens (including phenoxy) is 1. The molecule has 0 radical (unpaired) electrons. The van der Waals surface area contributed by atoms with Crippen LogP contribution in [-0.4, -0.2) is 28.5 Å². The maximum atomic E-state index is 12.2. The Bertz CT molecular complexity index is 941. The van der Waals surface area contributed by atoms with Crippen molar-refractivity contribution in [2.75, 3.05) is 12.4 Å². The number of nitrogens with one attached hydrogen (secondary N) is 1. The van der Waals surface area contributed by atoms with Gasteiger partial charge < -0.3 is 10.1 Å². The molecule has 1 N–H and O–H groups in total. The van der Waals surface area contributed by atoms with Gasteiger partial charge in [0.2, 0.25) is 5.91 Å². The second kappa shape index (κ2) is 6.31. The quantitative estimate of drug-likeness (QED) is 0.727. The first-order chi connectivity index (χ1) is 11.1. The van der Waals surface area contributed by atoms with E-state index in [4.69, 9.17) is 0 Å². The van der Waals surface area contributed by atoms with Gasteiger partial charge in [-0.2, -0.15) is 0 Å². The maximum Gasteiger partial charge on any atom is 0.350 e. The van der Waals surface area contributed by atoms with Gasteiger partial charge in [0.15, 0.2) is 0 Å². The lowest BCUT2D eigenvalue weighted by Crippen LogP contribution is -2.27. The minimum absolute atomic E-state index is 0.186. The fourth-order valence-electron chi connectivity index (χ4n) is 2.01. The Hall–Kier alpha value is -2.52. The van der Waals surface area contributed by atoms with Gasteiger partial charge in [0.05, 0.1) is 24.5 Å². The number of nitrogens with zero attached hydrogens (tertiary/aromatic N) is 2. The van der Waals surface area contributed by atoms with Crippen molar-refractivity contribution in [3.05, 3.63) is 44.5 Å². The van der Waals surface area contributed by atoms with Crippen molar-refractivity contribution in [1.29, 1.82) is 0 Å². The molecule has 0 aliphatic rings. The number of aromatic nitrogens is 2. The monoisotopic (exact) mass is 349 g/mol. The second-order valence-electron chi connectivity index (χ2n) is 4.52. The second-order valence-corrected chi connectivity index (χ2v) is 6.33. The Morgan fingerprint density at radius 1 is 1.30 bits per heavy atom. The normalized spacial score (nSPS) is 10.7. The van der Waals surface area contributed by atoms with Crippen LogP contribution in [0.15, 0.2) is 34.0 Å². The Balaban J connectivity index is 1.79. The molecule has 0 atom stereocenters. The Kier molecular flexibility index (Phi) is 4.22. The van der Waals surface area contributed by atoms with Crippen LogP contribution in [0.2, 0.25) is 0 Å². The van der Waals surface area contributed by atoms with Crippen molar-refractivity contribution in [2.24, 2.45) is 0 Å². The Labute approximate surface area is 138 Å². The zero-order valence-corrected chi connectivity index (χ0v) is 13.6. The van der Waals surface area contributed by atoms with Crippen molar-refractivity contribution >= 4 is 50.5 Å². The smallest absolute Gasteiger partial charge is 0.350 e. The summed E-state index contributed by atoms with van der Waals surface area (Å²) in [6, 6.07) is 3.29. The molecular weight excluding hydrogens is 338 g/mol. The van der Waals surface area contributed by atoms with Crippen LogP contribution in [0.25, 0.3) is 10.2 Å². The molecule has 3 aromatic rings. The predicted molar refractivity (Wildman–Crippen MR) is 88.2 cm³/mol. The molecule has 9 heteroatoms. The average molecular weight is 349 g/mol. The third-order valence-corrected chi connectivity index (χ3v) is 4.79. The molecule has 1 amide bonds. The summed E-state index contributed by atoms with van der Waals surface area (Å²) in [5.41, 5.74) is 0.0920. The Morgan fingerprint density at radius 3 is 2.87 bits per heavy atom. The minimum atomic E-state index is -0.520. The first-order valence-corrected chi connectivity index (χ1v) is 8.24. The van der Waals surface area contributed by atoms with Gasteiger partial charge in [-0.3, -0.25) is 14.2 Å². The van der Waals surface area contributed by atoms with Crippen molar-refractivity contribution in [2.45, 2.75) is 6.54 Å². The molecule has 3 rings (SSSR count). The van der Waals surface area contributed by atoms with Crippen LogP contribution < -0.4 is 10.9 Å². The van der Waals surface area contributed by atoms with Gasteiger partial charge in [0.1, 0.15) is 16.3 Å². The molecule has 0 bridgehead atoms. The lowest BCUT2D eigenvalue weighted by atomic mass is 10.3. The number of anilines is 1. The maximum absolute atomic E-state index is 12.2. The zero-order valence-electron chi connectivity index (χ0n) is 11.9. The fourth-order valence-corrected chi connectivity index (χ4v) is 3.50. The summed E-state index contributed by atoms with van der Waals surface area (Å²) in [5.74, 6) is -0.944. The van der Waals surface area contributed by atoms with Gasteiger partial charge in [0, 0.05) is 0 Å². The van der Waals surface area contributed by atoms with E-state index in [1.807, 2.05) is 0 Å². The lowest BCUT2D eigenvalue weighted by Gasteiger charge is -2.07. The molecule has 3 heterocycles. The largest absolute Gasteiger partial charge is 0.465 e. The highest BCUT2D eigenvalue weighted by molar-refractivity contribution is 7.16. The predicted octanol–water partition coefficient (Wildman–Crippen LogP) is 1.94. The molecule has 0 aliphatic heterocycles. The van der Waals surface area contributed by atoms with E-state index in [9.17, 15) is 14.4 Å². The number of hydrogen-bond acceptors (Lipinski definition) is 7. The molecule has 0 aliphatic carbocycles. The number of methoxy groups -OCH3 is 1. The number of amides is 1. The third kappa shape index (κ3) is 3.01. The van der Waals surface area contributed by atoms with Crippen LogP contribution in [-0.2, 0) is 16.1 Å². The molecule has 3 aromatic heterocycles. The molecule has 0 spiro atoms. The van der Waals surface area contributed by atoms with Crippen LogP contribution in [0.4, 0.5) is 5.69 Å². The SMILES string of the molecule is COC(=O)c1sccc1NC(=O)Cn1cnc2sccc2c1=O. The number of thiophene rings is 2. The summed E-state index contributed by atoms with van der Waals surface area (Å²) in [7, 11) is 1.27. The van der Waals surface area contributed by atoms with Gasteiger partial charge in [-0.15, -0.1) is 22.7 Å². The molecule has 0 saturated carbocycles. The molecule has 0 unspecified atom stereocenters. The molecular formula is C14H11N3O4S2. The summed E-state index contributed by atoms with van der Waals surface area (Å²) < 4.78 is 5.88. The summed E-state index contributed by atoms with van der Waals surface area (Å²) in [6.07, 6.45) is 1.34. The summed E-state index contributed by atoms with van der Waals surface area (Å²) in [4.78, 5) is 41.0. The summed E-state index contributed by atoms with van der Waals surface area (Å²) in [6.45, 7) is -0.186. The molecule has 0 aromatic carbocycles.